The number of aldehydes is 1. The molecule has 0 unspecified atom stereocenters. The molecule has 6 nitrogen and oxygen atoms in total. The van der Waals surface area contributed by atoms with Gasteiger partial charge >= 0.3 is 11.9 Å². The maximum absolute atomic E-state index is 11.2. The standard InChI is InChI=1S/C10H11BrO3.C10H9BrO3/c2*1-6-8(5-12)3-7(4-9(6)11)10(13)14-2/h3-4,12H,5H2,1-2H3;3-5H,1-2H3. The molecule has 0 amide bonds. The molecule has 1 N–H and O–H groups in total. The fourth-order valence-electron chi connectivity index (χ4n) is 2.19. The van der Waals surface area contributed by atoms with Gasteiger partial charge in [-0.1, -0.05) is 31.9 Å². The van der Waals surface area contributed by atoms with E-state index in [-0.39, 0.29) is 6.61 Å². The highest BCUT2D eigenvalue weighted by Crippen LogP contribution is 2.23. The normalized spacial score (nSPS) is 9.82. The number of halogens is 2. The van der Waals surface area contributed by atoms with Gasteiger partial charge < -0.3 is 14.6 Å². The van der Waals surface area contributed by atoms with Gasteiger partial charge in [-0.2, -0.15) is 0 Å². The first-order valence-corrected chi connectivity index (χ1v) is 9.60. The number of aliphatic hydroxyl groups is 1. The largest absolute Gasteiger partial charge is 0.465 e. The van der Waals surface area contributed by atoms with Crippen LogP contribution >= 0.6 is 31.9 Å². The Kier molecular flexibility index (Phi) is 9.51. The van der Waals surface area contributed by atoms with E-state index in [4.69, 9.17) is 5.11 Å². The molecule has 0 saturated heterocycles. The van der Waals surface area contributed by atoms with E-state index in [1.54, 1.807) is 25.1 Å². The Balaban J connectivity index is 0.000000280. The molecule has 150 valence electrons. The average Bonchev–Trinajstić information content (AvgIpc) is 2.70. The number of benzene rings is 2. The minimum Gasteiger partial charge on any atom is -0.465 e. The molecule has 8 heteroatoms. The van der Waals surface area contributed by atoms with Crippen molar-refractivity contribution in [3.8, 4) is 0 Å². The second-order valence-electron chi connectivity index (χ2n) is 5.67. The average molecular weight is 516 g/mol. The molecule has 0 aliphatic heterocycles. The lowest BCUT2D eigenvalue weighted by atomic mass is 10.1. The predicted octanol–water partition coefficient (Wildman–Crippen LogP) is 4.39. The minimum absolute atomic E-state index is 0.0880. The van der Waals surface area contributed by atoms with Crippen molar-refractivity contribution in [1.82, 2.24) is 0 Å². The maximum Gasteiger partial charge on any atom is 0.337 e. The summed E-state index contributed by atoms with van der Waals surface area (Å²) in [6, 6.07) is 6.46. The Labute approximate surface area is 180 Å². The minimum atomic E-state index is -0.450. The molecule has 28 heavy (non-hydrogen) atoms. The summed E-state index contributed by atoms with van der Waals surface area (Å²) in [4.78, 5) is 33.1. The van der Waals surface area contributed by atoms with Gasteiger partial charge in [0.25, 0.3) is 0 Å². The van der Waals surface area contributed by atoms with E-state index in [0.717, 1.165) is 25.6 Å². The van der Waals surface area contributed by atoms with Crippen LogP contribution < -0.4 is 0 Å². The van der Waals surface area contributed by atoms with Gasteiger partial charge in [0.15, 0.2) is 0 Å². The Bertz CT molecular complexity index is 893. The van der Waals surface area contributed by atoms with E-state index < -0.39 is 11.9 Å². The molecule has 0 heterocycles. The zero-order chi connectivity index (χ0) is 21.4. The van der Waals surface area contributed by atoms with Gasteiger partial charge in [0.1, 0.15) is 6.29 Å². The summed E-state index contributed by atoms with van der Waals surface area (Å²) in [7, 11) is 2.63. The zero-order valence-corrected chi connectivity index (χ0v) is 19.0. The molecular weight excluding hydrogens is 496 g/mol. The number of hydrogen-bond acceptors (Lipinski definition) is 6. The fraction of sp³-hybridized carbons (Fsp3) is 0.250. The summed E-state index contributed by atoms with van der Waals surface area (Å²) in [6.45, 7) is 3.58. The quantitative estimate of drug-likeness (QED) is 0.479. The van der Waals surface area contributed by atoms with Crippen molar-refractivity contribution in [1.29, 1.82) is 0 Å². The molecule has 0 fully saturated rings. The molecule has 0 radical (unpaired) electrons. The van der Waals surface area contributed by atoms with Crippen molar-refractivity contribution in [2.75, 3.05) is 14.2 Å². The van der Waals surface area contributed by atoms with Crippen LogP contribution in [0.4, 0.5) is 0 Å². The van der Waals surface area contributed by atoms with Gasteiger partial charge in [0.2, 0.25) is 0 Å². The van der Waals surface area contributed by atoms with Crippen LogP contribution in [-0.4, -0.2) is 37.6 Å². The number of esters is 2. The molecule has 0 aliphatic rings. The topological polar surface area (TPSA) is 89.9 Å². The Morgan fingerprint density at radius 1 is 0.929 bits per heavy atom. The van der Waals surface area contributed by atoms with Gasteiger partial charge in [0, 0.05) is 14.5 Å². The van der Waals surface area contributed by atoms with Crippen molar-refractivity contribution in [3.05, 3.63) is 66.6 Å². The van der Waals surface area contributed by atoms with Gasteiger partial charge in [0.05, 0.1) is 32.0 Å². The molecule has 0 atom stereocenters. The number of carbonyl (C=O) groups excluding carboxylic acids is 3. The van der Waals surface area contributed by atoms with Crippen molar-refractivity contribution < 1.29 is 29.0 Å². The van der Waals surface area contributed by atoms with Crippen molar-refractivity contribution in [3.63, 3.8) is 0 Å². The molecule has 0 saturated carbocycles. The summed E-state index contributed by atoms with van der Waals surface area (Å²) >= 11 is 6.58. The van der Waals surface area contributed by atoms with Crippen LogP contribution in [0, 0.1) is 13.8 Å². The Morgan fingerprint density at radius 2 is 1.39 bits per heavy atom. The first-order valence-electron chi connectivity index (χ1n) is 8.01. The molecule has 0 aliphatic carbocycles. The third-order valence-electron chi connectivity index (χ3n) is 3.98. The van der Waals surface area contributed by atoms with Crippen molar-refractivity contribution >= 4 is 50.1 Å². The number of methoxy groups -OCH3 is 2. The first-order chi connectivity index (χ1) is 13.2. The fourth-order valence-corrected chi connectivity index (χ4v) is 3.17. The molecular formula is C20H20Br2O6. The number of rotatable bonds is 4. The lowest BCUT2D eigenvalue weighted by molar-refractivity contribution is 0.0591. The van der Waals surface area contributed by atoms with Gasteiger partial charge in [-0.3, -0.25) is 4.79 Å². The van der Waals surface area contributed by atoms with Crippen LogP contribution in [0.2, 0.25) is 0 Å². The molecule has 2 aromatic rings. The maximum atomic E-state index is 11.2. The second kappa shape index (κ2) is 11.1. The third kappa shape index (κ3) is 5.98. The number of aliphatic hydroxyl groups excluding tert-OH is 1. The lowest BCUT2D eigenvalue weighted by Crippen LogP contribution is -2.03. The van der Waals surface area contributed by atoms with E-state index in [0.29, 0.717) is 23.0 Å². The van der Waals surface area contributed by atoms with Crippen molar-refractivity contribution in [2.45, 2.75) is 20.5 Å². The van der Waals surface area contributed by atoms with E-state index in [1.165, 1.54) is 20.3 Å². The van der Waals surface area contributed by atoms with Crippen LogP contribution in [0.1, 0.15) is 47.8 Å². The lowest BCUT2D eigenvalue weighted by Gasteiger charge is -2.07. The summed E-state index contributed by atoms with van der Waals surface area (Å²) in [5.74, 6) is -0.853. The smallest absolute Gasteiger partial charge is 0.337 e. The Morgan fingerprint density at radius 3 is 1.82 bits per heavy atom. The molecule has 0 spiro atoms. The highest BCUT2D eigenvalue weighted by atomic mass is 79.9. The van der Waals surface area contributed by atoms with E-state index in [9.17, 15) is 14.4 Å². The van der Waals surface area contributed by atoms with Gasteiger partial charge in [-0.05, 0) is 54.8 Å². The molecule has 2 aromatic carbocycles. The number of carbonyl (C=O) groups is 3. The first kappa shape index (κ1) is 24.0. The molecule has 2 rings (SSSR count). The van der Waals surface area contributed by atoms with Crippen LogP contribution in [0.3, 0.4) is 0 Å². The number of hydrogen-bond donors (Lipinski definition) is 1. The van der Waals surface area contributed by atoms with Crippen LogP contribution in [0.15, 0.2) is 33.2 Å². The van der Waals surface area contributed by atoms with Crippen LogP contribution in [0.25, 0.3) is 0 Å². The summed E-state index contributed by atoms with van der Waals surface area (Å²) in [5.41, 5.74) is 3.76. The van der Waals surface area contributed by atoms with Gasteiger partial charge in [-0.25, -0.2) is 9.59 Å². The highest BCUT2D eigenvalue weighted by molar-refractivity contribution is 9.10. The second-order valence-corrected chi connectivity index (χ2v) is 7.38. The van der Waals surface area contributed by atoms with Crippen molar-refractivity contribution in [2.24, 2.45) is 0 Å². The highest BCUT2D eigenvalue weighted by Gasteiger charge is 2.11. The predicted molar refractivity (Wildman–Crippen MR) is 112 cm³/mol. The van der Waals surface area contributed by atoms with E-state index in [2.05, 4.69) is 41.3 Å². The zero-order valence-electron chi connectivity index (χ0n) is 15.8. The summed E-state index contributed by atoms with van der Waals surface area (Å²) in [6.07, 6.45) is 0.715. The van der Waals surface area contributed by atoms with Crippen LogP contribution in [-0.2, 0) is 16.1 Å². The Hall–Kier alpha value is -2.03. The SMILES string of the molecule is COC(=O)c1cc(Br)c(C)c(C=O)c1.COC(=O)c1cc(Br)c(C)c(CO)c1. The summed E-state index contributed by atoms with van der Waals surface area (Å²) < 4.78 is 10.7. The van der Waals surface area contributed by atoms with E-state index >= 15 is 0 Å². The third-order valence-corrected chi connectivity index (χ3v) is 5.62. The van der Waals surface area contributed by atoms with Crippen LogP contribution in [0.5, 0.6) is 0 Å². The number of ether oxygens (including phenoxy) is 2. The van der Waals surface area contributed by atoms with Gasteiger partial charge in [-0.15, -0.1) is 0 Å². The van der Waals surface area contributed by atoms with E-state index in [1.807, 2.05) is 6.92 Å². The monoisotopic (exact) mass is 514 g/mol. The summed E-state index contributed by atoms with van der Waals surface area (Å²) in [5, 5.41) is 9.05. The molecule has 0 bridgehead atoms. The molecule has 0 aromatic heterocycles.